The number of ether oxygens (including phenoxy) is 1. The van der Waals surface area contributed by atoms with Crippen molar-refractivity contribution >= 4 is 17.5 Å². The van der Waals surface area contributed by atoms with Gasteiger partial charge in [-0.15, -0.1) is 0 Å². The number of amides is 1. The summed E-state index contributed by atoms with van der Waals surface area (Å²) < 4.78 is 5.50. The van der Waals surface area contributed by atoms with E-state index in [1.807, 2.05) is 19.1 Å². The quantitative estimate of drug-likeness (QED) is 0.868. The number of hydrogen-bond donors (Lipinski definition) is 2. The van der Waals surface area contributed by atoms with Crippen molar-refractivity contribution in [1.82, 2.24) is 15.5 Å². The highest BCUT2D eigenvalue weighted by molar-refractivity contribution is 6.30. The maximum atomic E-state index is 12.5. The van der Waals surface area contributed by atoms with Crippen LogP contribution < -0.4 is 10.9 Å². The van der Waals surface area contributed by atoms with E-state index in [1.165, 1.54) is 0 Å². The number of nitrogens with zero attached hydrogens (tertiary/aromatic N) is 1. The number of halogens is 1. The second kappa shape index (κ2) is 7.59. The average Bonchev–Trinajstić information content (AvgIpc) is 2.54. The minimum Gasteiger partial charge on any atom is -0.375 e. The molecule has 0 saturated heterocycles. The third kappa shape index (κ3) is 3.83. The zero-order chi connectivity index (χ0) is 17.9. The number of nitrogens with one attached hydrogen (secondary N) is 2. The van der Waals surface area contributed by atoms with Gasteiger partial charge >= 0.3 is 0 Å². The molecule has 1 amide bonds. The van der Waals surface area contributed by atoms with Crippen LogP contribution in [0.25, 0.3) is 0 Å². The van der Waals surface area contributed by atoms with E-state index in [9.17, 15) is 9.59 Å². The van der Waals surface area contributed by atoms with Crippen molar-refractivity contribution in [1.29, 1.82) is 0 Å². The van der Waals surface area contributed by atoms with Crippen LogP contribution in [0.4, 0.5) is 0 Å². The molecule has 0 radical (unpaired) electrons. The van der Waals surface area contributed by atoms with Gasteiger partial charge in [0.1, 0.15) is 11.7 Å². The van der Waals surface area contributed by atoms with Crippen molar-refractivity contribution in [3.05, 3.63) is 62.0 Å². The van der Waals surface area contributed by atoms with E-state index in [1.54, 1.807) is 33.1 Å². The molecule has 1 aromatic carbocycles. The van der Waals surface area contributed by atoms with E-state index in [0.29, 0.717) is 16.3 Å². The summed E-state index contributed by atoms with van der Waals surface area (Å²) in [6.07, 6.45) is -0.367. The summed E-state index contributed by atoms with van der Waals surface area (Å²) >= 11 is 5.90. The first kappa shape index (κ1) is 18.2. The van der Waals surface area contributed by atoms with Gasteiger partial charge in [-0.1, -0.05) is 23.7 Å². The second-order valence-electron chi connectivity index (χ2n) is 5.61. The number of aromatic amines is 1. The van der Waals surface area contributed by atoms with Gasteiger partial charge in [0.05, 0.1) is 11.7 Å². The number of H-pyrrole nitrogens is 1. The van der Waals surface area contributed by atoms with Gasteiger partial charge in [0, 0.05) is 12.1 Å². The summed E-state index contributed by atoms with van der Waals surface area (Å²) in [5.41, 5.74) is 1.60. The Morgan fingerprint density at radius 2 is 1.92 bits per heavy atom. The van der Waals surface area contributed by atoms with Gasteiger partial charge in [0.25, 0.3) is 11.5 Å². The second-order valence-corrected chi connectivity index (χ2v) is 6.04. The summed E-state index contributed by atoms with van der Waals surface area (Å²) in [7, 11) is 1.57. The van der Waals surface area contributed by atoms with Gasteiger partial charge in [-0.05, 0) is 44.0 Å². The lowest BCUT2D eigenvalue weighted by Gasteiger charge is -2.24. The number of rotatable bonds is 5. The largest absolute Gasteiger partial charge is 0.375 e. The Bertz CT molecular complexity index is 787. The zero-order valence-electron chi connectivity index (χ0n) is 14.0. The zero-order valence-corrected chi connectivity index (χ0v) is 14.8. The molecule has 0 bridgehead atoms. The molecule has 0 aliphatic heterocycles. The molecule has 6 nitrogen and oxygen atoms in total. The number of carbonyl (C=O) groups excluding carboxylic acids is 1. The molecule has 1 heterocycles. The van der Waals surface area contributed by atoms with Crippen LogP contribution in [0.3, 0.4) is 0 Å². The maximum absolute atomic E-state index is 12.5. The van der Waals surface area contributed by atoms with Gasteiger partial charge in [-0.25, -0.2) is 5.10 Å². The summed E-state index contributed by atoms with van der Waals surface area (Å²) in [5, 5.41) is 9.63. The average molecular weight is 350 g/mol. The van der Waals surface area contributed by atoms with E-state index >= 15 is 0 Å². The molecule has 2 rings (SSSR count). The molecule has 1 aromatic heterocycles. The van der Waals surface area contributed by atoms with Crippen molar-refractivity contribution in [2.75, 3.05) is 7.11 Å². The Hall–Kier alpha value is -2.18. The van der Waals surface area contributed by atoms with Crippen LogP contribution in [-0.2, 0) is 4.74 Å². The van der Waals surface area contributed by atoms with Gasteiger partial charge in [-0.3, -0.25) is 9.59 Å². The SMILES string of the molecule is CO[C@H](c1ccc(Cl)cc1)[C@@H](C)NC(=O)c1c(C)c(C)n[nH]c1=O. The lowest BCUT2D eigenvalue weighted by atomic mass is 10.0. The summed E-state index contributed by atoms with van der Waals surface area (Å²) in [6.45, 7) is 5.25. The van der Waals surface area contributed by atoms with Crippen molar-refractivity contribution in [3.8, 4) is 0 Å². The highest BCUT2D eigenvalue weighted by atomic mass is 35.5. The fourth-order valence-corrected chi connectivity index (χ4v) is 2.66. The van der Waals surface area contributed by atoms with Crippen molar-refractivity contribution in [2.24, 2.45) is 0 Å². The summed E-state index contributed by atoms with van der Waals surface area (Å²) in [6, 6.07) is 6.86. The summed E-state index contributed by atoms with van der Waals surface area (Å²) in [5.74, 6) is -0.456. The molecule has 2 aromatic rings. The molecule has 24 heavy (non-hydrogen) atoms. The molecule has 0 spiro atoms. The number of aromatic nitrogens is 2. The minimum absolute atomic E-state index is 0.0697. The van der Waals surface area contributed by atoms with Crippen LogP contribution >= 0.6 is 11.6 Å². The van der Waals surface area contributed by atoms with Gasteiger partial charge < -0.3 is 10.1 Å². The first-order chi connectivity index (χ1) is 11.3. The lowest BCUT2D eigenvalue weighted by molar-refractivity contribution is 0.0643. The Labute approximate surface area is 145 Å². The summed E-state index contributed by atoms with van der Waals surface area (Å²) in [4.78, 5) is 24.5. The number of carbonyl (C=O) groups is 1. The lowest BCUT2D eigenvalue weighted by Crippen LogP contribution is -2.40. The first-order valence-corrected chi connectivity index (χ1v) is 7.88. The fraction of sp³-hybridized carbons (Fsp3) is 0.353. The fourth-order valence-electron chi connectivity index (χ4n) is 2.53. The first-order valence-electron chi connectivity index (χ1n) is 7.50. The number of benzene rings is 1. The molecule has 0 aliphatic carbocycles. The molecule has 2 atom stereocenters. The van der Waals surface area contributed by atoms with Crippen LogP contribution in [0.5, 0.6) is 0 Å². The Balaban J connectivity index is 2.23. The van der Waals surface area contributed by atoms with E-state index in [0.717, 1.165) is 5.56 Å². The predicted molar refractivity (Wildman–Crippen MR) is 92.5 cm³/mol. The molecule has 0 aliphatic rings. The molecule has 0 unspecified atom stereocenters. The Morgan fingerprint density at radius 3 is 2.50 bits per heavy atom. The van der Waals surface area contributed by atoms with Crippen LogP contribution in [0.1, 0.15) is 40.2 Å². The van der Waals surface area contributed by atoms with E-state index in [4.69, 9.17) is 16.3 Å². The normalized spacial score (nSPS) is 13.4. The van der Waals surface area contributed by atoms with Gasteiger partial charge in [0.15, 0.2) is 0 Å². The highest BCUT2D eigenvalue weighted by Gasteiger charge is 2.24. The monoisotopic (exact) mass is 349 g/mol. The predicted octanol–water partition coefficient (Wildman–Crippen LogP) is 2.55. The number of hydrogen-bond acceptors (Lipinski definition) is 4. The molecular weight excluding hydrogens is 330 g/mol. The Morgan fingerprint density at radius 1 is 1.29 bits per heavy atom. The van der Waals surface area contributed by atoms with E-state index in [2.05, 4.69) is 15.5 Å². The highest BCUT2D eigenvalue weighted by Crippen LogP contribution is 2.22. The molecule has 128 valence electrons. The molecule has 7 heteroatoms. The van der Waals surface area contributed by atoms with Crippen LogP contribution in [0.15, 0.2) is 29.1 Å². The molecule has 2 N–H and O–H groups in total. The topological polar surface area (TPSA) is 84.1 Å². The Kier molecular flexibility index (Phi) is 5.75. The van der Waals surface area contributed by atoms with Crippen LogP contribution in [0.2, 0.25) is 5.02 Å². The standard InChI is InChI=1S/C17H20ClN3O3/c1-9-10(2)20-21-17(23)14(9)16(22)19-11(3)15(24-4)12-5-7-13(18)8-6-12/h5-8,11,15H,1-4H3,(H,19,22)(H,21,23)/t11-,15+/m1/s1. The smallest absolute Gasteiger partial charge is 0.277 e. The van der Waals surface area contributed by atoms with Crippen molar-refractivity contribution in [2.45, 2.75) is 32.9 Å². The maximum Gasteiger partial charge on any atom is 0.277 e. The van der Waals surface area contributed by atoms with Gasteiger partial charge in [-0.2, -0.15) is 5.10 Å². The third-order valence-corrected chi connectivity index (χ3v) is 4.21. The molecular formula is C17H20ClN3O3. The van der Waals surface area contributed by atoms with E-state index in [-0.39, 0.29) is 17.7 Å². The third-order valence-electron chi connectivity index (χ3n) is 3.96. The molecule has 0 fully saturated rings. The van der Waals surface area contributed by atoms with Crippen molar-refractivity contribution in [3.63, 3.8) is 0 Å². The van der Waals surface area contributed by atoms with Crippen LogP contribution in [0, 0.1) is 13.8 Å². The number of aryl methyl sites for hydroxylation is 1. The van der Waals surface area contributed by atoms with Crippen LogP contribution in [-0.4, -0.2) is 29.3 Å². The van der Waals surface area contributed by atoms with Crippen molar-refractivity contribution < 1.29 is 9.53 Å². The van der Waals surface area contributed by atoms with Gasteiger partial charge in [0.2, 0.25) is 0 Å². The van der Waals surface area contributed by atoms with E-state index < -0.39 is 11.5 Å². The molecule has 0 saturated carbocycles. The number of methoxy groups -OCH3 is 1. The minimum atomic E-state index is -0.511.